The molecule has 0 radical (unpaired) electrons. The Morgan fingerprint density at radius 2 is 1.90 bits per heavy atom. The average molecular weight is 414 g/mol. The highest BCUT2D eigenvalue weighted by Gasteiger charge is 2.10. The van der Waals surface area contributed by atoms with Crippen molar-refractivity contribution in [1.29, 1.82) is 5.26 Å². The molecule has 0 aliphatic rings. The maximum Gasteiger partial charge on any atom is 0.308 e. The third-order valence-corrected chi connectivity index (χ3v) is 4.50. The van der Waals surface area contributed by atoms with Crippen LogP contribution in [-0.2, 0) is 11.4 Å². The normalized spacial score (nSPS) is 10.5. The smallest absolute Gasteiger partial charge is 0.308 e. The Morgan fingerprint density at radius 1 is 1.06 bits per heavy atom. The van der Waals surface area contributed by atoms with Crippen molar-refractivity contribution >= 4 is 17.1 Å². The van der Waals surface area contributed by atoms with Gasteiger partial charge >= 0.3 is 5.97 Å². The number of rotatable bonds is 6. The predicted molar refractivity (Wildman–Crippen MR) is 112 cm³/mol. The molecule has 0 bridgehead atoms. The number of aryl methyl sites for hydroxylation is 1. The van der Waals surface area contributed by atoms with E-state index in [2.05, 4.69) is 11.1 Å². The maximum absolute atomic E-state index is 11.2. The number of aromatic nitrogens is 1. The molecule has 4 rings (SSSR count). The molecule has 0 spiro atoms. The van der Waals surface area contributed by atoms with Gasteiger partial charge in [0.15, 0.2) is 12.0 Å². The lowest BCUT2D eigenvalue weighted by Gasteiger charge is -2.12. The molecule has 0 saturated carbocycles. The largest absolute Gasteiger partial charge is 0.489 e. The molecule has 0 aliphatic carbocycles. The molecule has 0 fully saturated rings. The van der Waals surface area contributed by atoms with E-state index in [0.717, 1.165) is 16.6 Å². The van der Waals surface area contributed by atoms with Crippen molar-refractivity contribution in [2.75, 3.05) is 0 Å². The predicted octanol–water partition coefficient (Wildman–Crippen LogP) is 5.30. The van der Waals surface area contributed by atoms with Crippen LogP contribution < -0.4 is 14.2 Å². The molecule has 154 valence electrons. The van der Waals surface area contributed by atoms with Crippen LogP contribution in [0.25, 0.3) is 11.1 Å². The van der Waals surface area contributed by atoms with Crippen LogP contribution in [0.4, 0.5) is 0 Å². The molecule has 0 atom stereocenters. The third kappa shape index (κ3) is 4.65. The summed E-state index contributed by atoms with van der Waals surface area (Å²) >= 11 is 0. The lowest BCUT2D eigenvalue weighted by molar-refractivity contribution is -0.131. The first-order valence-corrected chi connectivity index (χ1v) is 9.48. The second kappa shape index (κ2) is 8.59. The standard InChI is InChI=1S/C24H18N2O5/c1-15-9-20(6-8-22(15)30-16(2)27)31-23-11-19(5-4-18(23)12-25)28-13-17-3-7-21-24(10-17)29-14-26-21/h3-11,14H,13H2,1-2H3. The second-order valence-electron chi connectivity index (χ2n) is 6.84. The summed E-state index contributed by atoms with van der Waals surface area (Å²) in [6.07, 6.45) is 1.40. The van der Waals surface area contributed by atoms with Crippen LogP contribution in [0.2, 0.25) is 0 Å². The van der Waals surface area contributed by atoms with Crippen molar-refractivity contribution in [2.24, 2.45) is 0 Å². The highest BCUT2D eigenvalue weighted by atomic mass is 16.5. The van der Waals surface area contributed by atoms with Crippen LogP contribution in [0.3, 0.4) is 0 Å². The molecule has 3 aromatic carbocycles. The number of esters is 1. The van der Waals surface area contributed by atoms with E-state index in [0.29, 0.717) is 40.8 Å². The van der Waals surface area contributed by atoms with Gasteiger partial charge in [-0.05, 0) is 60.5 Å². The van der Waals surface area contributed by atoms with E-state index in [1.54, 1.807) is 43.3 Å². The zero-order valence-electron chi connectivity index (χ0n) is 16.9. The summed E-state index contributed by atoms with van der Waals surface area (Å²) in [7, 11) is 0. The molecule has 7 heteroatoms. The number of hydrogen-bond donors (Lipinski definition) is 0. The number of carbonyl (C=O) groups is 1. The Balaban J connectivity index is 1.51. The van der Waals surface area contributed by atoms with E-state index in [1.807, 2.05) is 18.2 Å². The Labute approximate surface area is 178 Å². The van der Waals surface area contributed by atoms with Crippen molar-refractivity contribution in [2.45, 2.75) is 20.5 Å². The monoisotopic (exact) mass is 414 g/mol. The molecule has 0 aliphatic heterocycles. The van der Waals surface area contributed by atoms with Gasteiger partial charge in [-0.1, -0.05) is 6.07 Å². The minimum atomic E-state index is -0.393. The number of nitrogens with zero attached hydrogens (tertiary/aromatic N) is 2. The summed E-state index contributed by atoms with van der Waals surface area (Å²) in [5, 5.41) is 9.43. The summed E-state index contributed by atoms with van der Waals surface area (Å²) < 4.78 is 22.2. The summed E-state index contributed by atoms with van der Waals surface area (Å²) in [5.41, 5.74) is 3.51. The number of nitriles is 1. The number of hydrogen-bond acceptors (Lipinski definition) is 7. The summed E-state index contributed by atoms with van der Waals surface area (Å²) in [4.78, 5) is 15.3. The van der Waals surface area contributed by atoms with E-state index in [-0.39, 0.29) is 0 Å². The van der Waals surface area contributed by atoms with Gasteiger partial charge < -0.3 is 18.6 Å². The fourth-order valence-corrected chi connectivity index (χ4v) is 3.01. The van der Waals surface area contributed by atoms with Gasteiger partial charge in [0.1, 0.15) is 41.2 Å². The summed E-state index contributed by atoms with van der Waals surface area (Å²) in [6.45, 7) is 3.47. The highest BCUT2D eigenvalue weighted by molar-refractivity contribution is 5.72. The van der Waals surface area contributed by atoms with E-state index in [4.69, 9.17) is 18.6 Å². The van der Waals surface area contributed by atoms with Gasteiger partial charge in [-0.2, -0.15) is 5.26 Å². The maximum atomic E-state index is 11.2. The van der Waals surface area contributed by atoms with E-state index in [1.165, 1.54) is 13.3 Å². The molecule has 0 amide bonds. The number of oxazole rings is 1. The van der Waals surface area contributed by atoms with Gasteiger partial charge in [-0.15, -0.1) is 0 Å². The van der Waals surface area contributed by atoms with E-state index in [9.17, 15) is 10.1 Å². The lowest BCUT2D eigenvalue weighted by Crippen LogP contribution is -2.02. The number of benzene rings is 3. The van der Waals surface area contributed by atoms with Gasteiger partial charge in [-0.25, -0.2) is 4.98 Å². The first-order chi connectivity index (χ1) is 15.0. The van der Waals surface area contributed by atoms with Gasteiger partial charge in [0.25, 0.3) is 0 Å². The molecule has 1 heterocycles. The molecule has 31 heavy (non-hydrogen) atoms. The SMILES string of the molecule is CC(=O)Oc1ccc(Oc2cc(OCc3ccc4ncoc4c3)ccc2C#N)cc1C. The minimum Gasteiger partial charge on any atom is -0.489 e. The minimum absolute atomic E-state index is 0.318. The highest BCUT2D eigenvalue weighted by Crippen LogP contribution is 2.32. The van der Waals surface area contributed by atoms with Crippen molar-refractivity contribution < 1.29 is 23.4 Å². The first-order valence-electron chi connectivity index (χ1n) is 9.48. The van der Waals surface area contributed by atoms with Gasteiger partial charge in [0.05, 0.1) is 5.56 Å². The average Bonchev–Trinajstić information content (AvgIpc) is 3.22. The number of fused-ring (bicyclic) bond motifs is 1. The number of carbonyl (C=O) groups excluding carboxylic acids is 1. The Morgan fingerprint density at radius 3 is 2.68 bits per heavy atom. The molecule has 0 saturated heterocycles. The molecule has 4 aromatic rings. The molecular formula is C24H18N2O5. The fraction of sp³-hybridized carbons (Fsp3) is 0.125. The summed E-state index contributed by atoms with van der Waals surface area (Å²) in [5.74, 6) is 1.50. The topological polar surface area (TPSA) is 94.6 Å². The fourth-order valence-electron chi connectivity index (χ4n) is 3.01. The van der Waals surface area contributed by atoms with Crippen LogP contribution in [0, 0.1) is 18.3 Å². The van der Waals surface area contributed by atoms with E-state index < -0.39 is 5.97 Å². The summed E-state index contributed by atoms with van der Waals surface area (Å²) in [6, 6.07) is 17.9. The lowest BCUT2D eigenvalue weighted by atomic mass is 10.2. The molecule has 1 aromatic heterocycles. The van der Waals surface area contributed by atoms with Crippen LogP contribution in [0.15, 0.2) is 65.4 Å². The van der Waals surface area contributed by atoms with Crippen LogP contribution in [-0.4, -0.2) is 11.0 Å². The van der Waals surface area contributed by atoms with Gasteiger partial charge in [0.2, 0.25) is 0 Å². The van der Waals surface area contributed by atoms with Crippen molar-refractivity contribution in [1.82, 2.24) is 4.98 Å². The van der Waals surface area contributed by atoms with E-state index >= 15 is 0 Å². The zero-order chi connectivity index (χ0) is 21.8. The second-order valence-corrected chi connectivity index (χ2v) is 6.84. The quantitative estimate of drug-likeness (QED) is 0.312. The number of ether oxygens (including phenoxy) is 3. The third-order valence-electron chi connectivity index (χ3n) is 4.50. The Kier molecular flexibility index (Phi) is 5.54. The molecular weight excluding hydrogens is 396 g/mol. The van der Waals surface area contributed by atoms with Gasteiger partial charge in [0, 0.05) is 13.0 Å². The van der Waals surface area contributed by atoms with Crippen molar-refractivity contribution in [3.63, 3.8) is 0 Å². The van der Waals surface area contributed by atoms with Gasteiger partial charge in [-0.3, -0.25) is 4.79 Å². The molecule has 0 unspecified atom stereocenters. The molecule has 7 nitrogen and oxygen atoms in total. The zero-order valence-corrected chi connectivity index (χ0v) is 16.9. The van der Waals surface area contributed by atoms with Crippen LogP contribution in [0.1, 0.15) is 23.6 Å². The van der Waals surface area contributed by atoms with Crippen LogP contribution in [0.5, 0.6) is 23.0 Å². The Hall–Kier alpha value is -4.31. The molecule has 0 N–H and O–H groups in total. The first kappa shape index (κ1) is 20.0. The van der Waals surface area contributed by atoms with Crippen LogP contribution >= 0.6 is 0 Å². The van der Waals surface area contributed by atoms with Crippen molar-refractivity contribution in [3.05, 3.63) is 77.7 Å². The van der Waals surface area contributed by atoms with Crippen molar-refractivity contribution in [3.8, 4) is 29.1 Å². The Bertz CT molecular complexity index is 1300.